The molecule has 3 aromatic rings. The Hall–Kier alpha value is -2.19. The summed E-state index contributed by atoms with van der Waals surface area (Å²) in [6, 6.07) is 7.21. The fourth-order valence-electron chi connectivity index (χ4n) is 2.27. The van der Waals surface area contributed by atoms with Gasteiger partial charge in [0.1, 0.15) is 10.7 Å². The zero-order valence-corrected chi connectivity index (χ0v) is 14.9. The Labute approximate surface area is 143 Å². The van der Waals surface area contributed by atoms with Crippen LogP contribution in [-0.4, -0.2) is 13.6 Å². The Morgan fingerprint density at radius 3 is 2.54 bits per heavy atom. The maximum absolute atomic E-state index is 13.2. The number of thiophene rings is 1. The molecule has 126 valence electrons. The summed E-state index contributed by atoms with van der Waals surface area (Å²) in [7, 11) is -3.78. The highest BCUT2D eigenvalue weighted by Gasteiger charge is 2.22. The first-order valence-corrected chi connectivity index (χ1v) is 9.39. The van der Waals surface area contributed by atoms with Crippen LogP contribution in [0.2, 0.25) is 0 Å². The van der Waals surface area contributed by atoms with E-state index in [1.165, 1.54) is 29.5 Å². The van der Waals surface area contributed by atoms with Crippen LogP contribution in [0.3, 0.4) is 0 Å². The van der Waals surface area contributed by atoms with Gasteiger partial charge in [-0.2, -0.15) is 0 Å². The van der Waals surface area contributed by atoms with Gasteiger partial charge in [0.05, 0.1) is 16.3 Å². The first-order chi connectivity index (χ1) is 11.3. The van der Waals surface area contributed by atoms with Gasteiger partial charge in [0.25, 0.3) is 10.0 Å². The number of sulfonamides is 1. The number of hydrogen-bond donors (Lipinski definition) is 1. The third-order valence-corrected chi connectivity index (χ3v) is 6.15. The molecule has 0 amide bonds. The molecule has 1 aromatic carbocycles. The molecular weight excluding hydrogens is 351 g/mol. The van der Waals surface area contributed by atoms with Gasteiger partial charge in [-0.3, -0.25) is 4.72 Å². The first-order valence-electron chi connectivity index (χ1n) is 7.09. The zero-order valence-electron chi connectivity index (χ0n) is 13.3. The van der Waals surface area contributed by atoms with E-state index in [9.17, 15) is 12.8 Å². The van der Waals surface area contributed by atoms with Gasteiger partial charge in [-0.05, 0) is 50.6 Å². The number of aryl methyl sites for hydroxylation is 3. The average Bonchev–Trinajstić information content (AvgIpc) is 3.08. The molecule has 8 heteroatoms. The predicted molar refractivity (Wildman–Crippen MR) is 91.2 cm³/mol. The van der Waals surface area contributed by atoms with Gasteiger partial charge in [0.15, 0.2) is 5.76 Å². The quantitative estimate of drug-likeness (QED) is 0.748. The second kappa shape index (κ2) is 6.03. The van der Waals surface area contributed by atoms with Crippen LogP contribution in [0.1, 0.15) is 16.1 Å². The van der Waals surface area contributed by atoms with Gasteiger partial charge in [0.2, 0.25) is 0 Å². The summed E-state index contributed by atoms with van der Waals surface area (Å²) in [5, 5.41) is 3.81. The Morgan fingerprint density at radius 2 is 1.92 bits per heavy atom. The van der Waals surface area contributed by atoms with Gasteiger partial charge in [-0.15, -0.1) is 11.3 Å². The summed E-state index contributed by atoms with van der Waals surface area (Å²) < 4.78 is 46.2. The molecule has 0 saturated heterocycles. The van der Waals surface area contributed by atoms with Crippen molar-refractivity contribution in [1.82, 2.24) is 5.16 Å². The maximum atomic E-state index is 13.2. The average molecular weight is 366 g/mol. The van der Waals surface area contributed by atoms with Crippen molar-refractivity contribution < 1.29 is 17.3 Å². The second-order valence-corrected chi connectivity index (χ2v) is 8.34. The monoisotopic (exact) mass is 366 g/mol. The molecule has 24 heavy (non-hydrogen) atoms. The van der Waals surface area contributed by atoms with Gasteiger partial charge in [0, 0.05) is 10.9 Å². The van der Waals surface area contributed by atoms with Crippen molar-refractivity contribution in [2.24, 2.45) is 0 Å². The topological polar surface area (TPSA) is 72.2 Å². The minimum absolute atomic E-state index is 0.167. The normalized spacial score (nSPS) is 11.7. The SMILES string of the molecule is Cc1cc(-c2cc(S(=O)(=O)Nc3ccc(F)cc3C)c(C)s2)on1. The minimum atomic E-state index is -3.78. The Bertz CT molecular complexity index is 1010. The van der Waals surface area contributed by atoms with Crippen molar-refractivity contribution >= 4 is 27.0 Å². The van der Waals surface area contributed by atoms with Crippen molar-refractivity contribution in [3.05, 3.63) is 52.3 Å². The Kier molecular flexibility index (Phi) is 4.18. The summed E-state index contributed by atoms with van der Waals surface area (Å²) >= 11 is 1.31. The lowest BCUT2D eigenvalue weighted by atomic mass is 10.2. The number of hydrogen-bond acceptors (Lipinski definition) is 5. The second-order valence-electron chi connectivity index (χ2n) is 5.43. The zero-order chi connectivity index (χ0) is 17.5. The molecule has 0 unspecified atom stereocenters. The molecule has 2 heterocycles. The largest absolute Gasteiger partial charge is 0.355 e. The summed E-state index contributed by atoms with van der Waals surface area (Å²) in [6.45, 7) is 5.16. The lowest BCUT2D eigenvalue weighted by Gasteiger charge is -2.10. The van der Waals surface area contributed by atoms with Crippen LogP contribution in [0.5, 0.6) is 0 Å². The van der Waals surface area contributed by atoms with E-state index in [-0.39, 0.29) is 4.90 Å². The lowest BCUT2D eigenvalue weighted by molar-refractivity contribution is 0.428. The van der Waals surface area contributed by atoms with Gasteiger partial charge in [-0.25, -0.2) is 12.8 Å². The molecule has 0 bridgehead atoms. The van der Waals surface area contributed by atoms with Gasteiger partial charge < -0.3 is 4.52 Å². The molecule has 0 aliphatic carbocycles. The van der Waals surface area contributed by atoms with Crippen LogP contribution in [0, 0.1) is 26.6 Å². The maximum Gasteiger partial charge on any atom is 0.263 e. The fourth-order valence-corrected chi connectivity index (χ4v) is 4.95. The number of aromatic nitrogens is 1. The van der Waals surface area contributed by atoms with Crippen molar-refractivity contribution in [1.29, 1.82) is 0 Å². The van der Waals surface area contributed by atoms with E-state index in [1.54, 1.807) is 32.9 Å². The van der Waals surface area contributed by atoms with Crippen molar-refractivity contribution in [2.45, 2.75) is 25.7 Å². The minimum Gasteiger partial charge on any atom is -0.355 e. The number of anilines is 1. The number of nitrogens with zero attached hydrogens (tertiary/aromatic N) is 1. The molecule has 0 radical (unpaired) electrons. The van der Waals surface area contributed by atoms with E-state index in [4.69, 9.17) is 4.52 Å². The molecule has 0 saturated carbocycles. The van der Waals surface area contributed by atoms with Gasteiger partial charge >= 0.3 is 0 Å². The summed E-state index contributed by atoms with van der Waals surface area (Å²) in [5.41, 5.74) is 1.58. The van der Waals surface area contributed by atoms with Crippen LogP contribution in [-0.2, 0) is 10.0 Å². The van der Waals surface area contributed by atoms with E-state index in [1.807, 2.05) is 0 Å². The van der Waals surface area contributed by atoms with E-state index < -0.39 is 15.8 Å². The van der Waals surface area contributed by atoms with Crippen molar-refractivity contribution in [3.63, 3.8) is 0 Å². The fraction of sp³-hybridized carbons (Fsp3) is 0.188. The number of benzene rings is 1. The lowest BCUT2D eigenvalue weighted by Crippen LogP contribution is -2.14. The number of nitrogens with one attached hydrogen (secondary N) is 1. The van der Waals surface area contributed by atoms with E-state index in [2.05, 4.69) is 9.88 Å². The van der Waals surface area contributed by atoms with Crippen LogP contribution in [0.25, 0.3) is 10.6 Å². The Balaban J connectivity index is 1.96. The predicted octanol–water partition coefficient (Wildman–Crippen LogP) is 4.27. The molecule has 2 aromatic heterocycles. The molecule has 0 fully saturated rings. The summed E-state index contributed by atoms with van der Waals surface area (Å²) in [5.74, 6) is 0.116. The summed E-state index contributed by atoms with van der Waals surface area (Å²) in [4.78, 5) is 1.48. The van der Waals surface area contributed by atoms with Gasteiger partial charge in [-0.1, -0.05) is 5.16 Å². The Morgan fingerprint density at radius 1 is 1.17 bits per heavy atom. The third kappa shape index (κ3) is 3.20. The molecule has 0 aliphatic rings. The van der Waals surface area contributed by atoms with Crippen LogP contribution < -0.4 is 4.72 Å². The van der Waals surface area contributed by atoms with Crippen molar-refractivity contribution in [2.75, 3.05) is 4.72 Å². The molecule has 0 atom stereocenters. The molecule has 3 rings (SSSR count). The first kappa shape index (κ1) is 16.7. The highest BCUT2D eigenvalue weighted by atomic mass is 32.2. The smallest absolute Gasteiger partial charge is 0.263 e. The van der Waals surface area contributed by atoms with E-state index in [0.717, 1.165) is 5.69 Å². The highest BCUT2D eigenvalue weighted by molar-refractivity contribution is 7.93. The van der Waals surface area contributed by atoms with Crippen LogP contribution in [0.4, 0.5) is 10.1 Å². The summed E-state index contributed by atoms with van der Waals surface area (Å²) in [6.07, 6.45) is 0. The highest BCUT2D eigenvalue weighted by Crippen LogP contribution is 2.34. The van der Waals surface area contributed by atoms with Crippen molar-refractivity contribution in [3.8, 4) is 10.6 Å². The molecule has 0 spiro atoms. The standard InChI is InChI=1S/C16H15FN2O3S2/c1-9-6-12(17)4-5-13(9)19-24(20,21)16-8-15(23-11(16)3)14-7-10(2)18-22-14/h4-8,19H,1-3H3. The molecule has 5 nitrogen and oxygen atoms in total. The third-order valence-electron chi connectivity index (χ3n) is 3.47. The molecular formula is C16H15FN2O3S2. The molecule has 0 aliphatic heterocycles. The van der Waals surface area contributed by atoms with E-state index >= 15 is 0 Å². The number of rotatable bonds is 4. The van der Waals surface area contributed by atoms with Crippen LogP contribution in [0.15, 0.2) is 39.8 Å². The van der Waals surface area contributed by atoms with E-state index in [0.29, 0.717) is 26.8 Å². The molecule has 1 N–H and O–H groups in total. The van der Waals surface area contributed by atoms with Crippen LogP contribution >= 0.6 is 11.3 Å². The number of halogens is 1.